The number of hydrogen-bond donors (Lipinski definition) is 1. The minimum atomic E-state index is -3.57. The van der Waals surface area contributed by atoms with Crippen LogP contribution < -0.4 is 9.46 Å². The molecule has 0 saturated heterocycles. The Bertz CT molecular complexity index is 851. The van der Waals surface area contributed by atoms with Crippen LogP contribution >= 0.6 is 0 Å². The van der Waals surface area contributed by atoms with Gasteiger partial charge in [0.05, 0.1) is 12.0 Å². The molecule has 0 heterocycles. The molecule has 2 aromatic carbocycles. The lowest BCUT2D eigenvalue weighted by Crippen LogP contribution is -2.31. The van der Waals surface area contributed by atoms with Crippen LogP contribution in [0.3, 0.4) is 0 Å². The zero-order chi connectivity index (χ0) is 18.6. The van der Waals surface area contributed by atoms with E-state index in [-0.39, 0.29) is 10.6 Å². The van der Waals surface area contributed by atoms with Crippen LogP contribution in [0.15, 0.2) is 41.3 Å². The first-order chi connectivity index (χ1) is 11.7. The van der Waals surface area contributed by atoms with E-state index in [2.05, 4.69) is 4.72 Å². The number of nitrogens with zero attached hydrogens (tertiary/aromatic N) is 1. The Morgan fingerprint density at radius 3 is 2.44 bits per heavy atom. The number of nitrogens with one attached hydrogen (secondary N) is 1. The van der Waals surface area contributed by atoms with Gasteiger partial charge < -0.3 is 9.64 Å². The van der Waals surface area contributed by atoms with Gasteiger partial charge in [-0.2, -0.15) is 0 Å². The van der Waals surface area contributed by atoms with Crippen LogP contribution in [0.1, 0.15) is 5.56 Å². The molecule has 0 aromatic heterocycles. The molecule has 7 heteroatoms. The third kappa shape index (κ3) is 4.78. The van der Waals surface area contributed by atoms with Crippen LogP contribution in [-0.2, 0) is 10.0 Å². The summed E-state index contributed by atoms with van der Waals surface area (Å²) in [6.45, 7) is 2.75. The lowest BCUT2D eigenvalue weighted by Gasteiger charge is -2.13. The molecule has 0 radical (unpaired) electrons. The standard InChI is InChI=1S/C18H23FN2O3S/c1-13-11-15(25(22,23)20-9-10-21(2)3)6-7-16(13)14-5-8-18(24-4)17(19)12-14/h5-8,11-12,20H,9-10H2,1-4H3. The van der Waals surface area contributed by atoms with E-state index in [1.807, 2.05) is 19.0 Å². The van der Waals surface area contributed by atoms with E-state index in [0.29, 0.717) is 18.7 Å². The highest BCUT2D eigenvalue weighted by Crippen LogP contribution is 2.29. The molecule has 0 fully saturated rings. The quantitative estimate of drug-likeness (QED) is 0.818. The summed E-state index contributed by atoms with van der Waals surface area (Å²) in [4.78, 5) is 2.09. The predicted octanol–water partition coefficient (Wildman–Crippen LogP) is 2.65. The van der Waals surface area contributed by atoms with E-state index < -0.39 is 15.8 Å². The average Bonchev–Trinajstić information content (AvgIpc) is 2.54. The summed E-state index contributed by atoms with van der Waals surface area (Å²) < 4.78 is 46.1. The lowest BCUT2D eigenvalue weighted by molar-refractivity contribution is 0.386. The Balaban J connectivity index is 2.27. The third-order valence-corrected chi connectivity index (χ3v) is 5.28. The highest BCUT2D eigenvalue weighted by atomic mass is 32.2. The van der Waals surface area contributed by atoms with Gasteiger partial charge in [0, 0.05) is 13.1 Å². The molecule has 2 rings (SSSR count). The smallest absolute Gasteiger partial charge is 0.240 e. The number of sulfonamides is 1. The second-order valence-corrected chi connectivity index (χ2v) is 7.79. The molecule has 0 aliphatic heterocycles. The van der Waals surface area contributed by atoms with Gasteiger partial charge in [0.2, 0.25) is 10.0 Å². The van der Waals surface area contributed by atoms with Gasteiger partial charge in [-0.05, 0) is 62.0 Å². The summed E-state index contributed by atoms with van der Waals surface area (Å²) in [7, 11) is 1.59. The Morgan fingerprint density at radius 1 is 1.16 bits per heavy atom. The molecular weight excluding hydrogens is 343 g/mol. The Labute approximate surface area is 148 Å². The van der Waals surface area contributed by atoms with Crippen molar-refractivity contribution >= 4 is 10.0 Å². The van der Waals surface area contributed by atoms with Crippen LogP contribution in [0.5, 0.6) is 5.75 Å². The summed E-state index contributed by atoms with van der Waals surface area (Å²) in [6.07, 6.45) is 0. The molecule has 136 valence electrons. The molecule has 25 heavy (non-hydrogen) atoms. The fraction of sp³-hybridized carbons (Fsp3) is 0.333. The summed E-state index contributed by atoms with van der Waals surface area (Å²) in [5.74, 6) is -0.285. The first kappa shape index (κ1) is 19.4. The number of aryl methyl sites for hydroxylation is 1. The van der Waals surface area contributed by atoms with Crippen molar-refractivity contribution in [1.82, 2.24) is 9.62 Å². The monoisotopic (exact) mass is 366 g/mol. The van der Waals surface area contributed by atoms with Crippen molar-refractivity contribution in [2.45, 2.75) is 11.8 Å². The second-order valence-electron chi connectivity index (χ2n) is 6.03. The van der Waals surface area contributed by atoms with Crippen molar-refractivity contribution < 1.29 is 17.5 Å². The van der Waals surface area contributed by atoms with Crippen LogP contribution in [0.4, 0.5) is 4.39 Å². The third-order valence-electron chi connectivity index (χ3n) is 3.82. The van der Waals surface area contributed by atoms with Gasteiger partial charge in [0.25, 0.3) is 0 Å². The molecule has 0 saturated carbocycles. The minimum absolute atomic E-state index is 0.172. The largest absolute Gasteiger partial charge is 0.494 e. The number of methoxy groups -OCH3 is 1. The first-order valence-electron chi connectivity index (χ1n) is 7.83. The summed E-state index contributed by atoms with van der Waals surface area (Å²) in [5, 5.41) is 0. The van der Waals surface area contributed by atoms with Gasteiger partial charge in [-0.3, -0.25) is 0 Å². The van der Waals surface area contributed by atoms with E-state index in [0.717, 1.165) is 11.1 Å². The van der Waals surface area contributed by atoms with Crippen molar-refractivity contribution in [3.63, 3.8) is 0 Å². The molecule has 5 nitrogen and oxygen atoms in total. The van der Waals surface area contributed by atoms with Crippen LogP contribution in [-0.4, -0.2) is 47.6 Å². The number of hydrogen-bond acceptors (Lipinski definition) is 4. The molecule has 0 aliphatic rings. The van der Waals surface area contributed by atoms with Gasteiger partial charge in [0.1, 0.15) is 0 Å². The van der Waals surface area contributed by atoms with Crippen molar-refractivity contribution in [3.8, 4) is 16.9 Å². The molecule has 1 N–H and O–H groups in total. The predicted molar refractivity (Wildman–Crippen MR) is 96.9 cm³/mol. The van der Waals surface area contributed by atoms with E-state index >= 15 is 0 Å². The normalized spacial score (nSPS) is 11.8. The minimum Gasteiger partial charge on any atom is -0.494 e. The fourth-order valence-electron chi connectivity index (χ4n) is 2.45. The number of likely N-dealkylation sites (N-methyl/N-ethyl adjacent to an activating group) is 1. The first-order valence-corrected chi connectivity index (χ1v) is 9.32. The molecule has 0 aliphatic carbocycles. The Kier molecular flexibility index (Phi) is 6.16. The van der Waals surface area contributed by atoms with Crippen molar-refractivity contribution in [1.29, 1.82) is 0 Å². The Morgan fingerprint density at radius 2 is 1.88 bits per heavy atom. The molecule has 2 aromatic rings. The summed E-state index contributed by atoms with van der Waals surface area (Å²) in [6, 6.07) is 9.49. The number of ether oxygens (including phenoxy) is 1. The van der Waals surface area contributed by atoms with E-state index in [1.165, 1.54) is 19.2 Å². The van der Waals surface area contributed by atoms with Crippen molar-refractivity contribution in [2.24, 2.45) is 0 Å². The average molecular weight is 366 g/mol. The second kappa shape index (κ2) is 7.95. The maximum Gasteiger partial charge on any atom is 0.240 e. The van der Waals surface area contributed by atoms with Crippen molar-refractivity contribution in [3.05, 3.63) is 47.8 Å². The zero-order valence-corrected chi connectivity index (χ0v) is 15.7. The van der Waals surface area contributed by atoms with Gasteiger partial charge in [-0.1, -0.05) is 12.1 Å². The lowest BCUT2D eigenvalue weighted by atomic mass is 10.0. The van der Waals surface area contributed by atoms with Crippen LogP contribution in [0.25, 0.3) is 11.1 Å². The topological polar surface area (TPSA) is 58.6 Å². The fourth-order valence-corrected chi connectivity index (χ4v) is 3.55. The number of rotatable bonds is 7. The summed E-state index contributed by atoms with van der Waals surface area (Å²) >= 11 is 0. The maximum absolute atomic E-state index is 13.9. The van der Waals surface area contributed by atoms with Gasteiger partial charge in [-0.25, -0.2) is 17.5 Å². The van der Waals surface area contributed by atoms with E-state index in [9.17, 15) is 12.8 Å². The molecule has 0 bridgehead atoms. The highest BCUT2D eigenvalue weighted by molar-refractivity contribution is 7.89. The van der Waals surface area contributed by atoms with E-state index in [1.54, 1.807) is 31.2 Å². The van der Waals surface area contributed by atoms with Crippen molar-refractivity contribution in [2.75, 3.05) is 34.3 Å². The SMILES string of the molecule is COc1ccc(-c2ccc(S(=O)(=O)NCCN(C)C)cc2C)cc1F. The van der Waals surface area contributed by atoms with Gasteiger partial charge in [0.15, 0.2) is 11.6 Å². The van der Waals surface area contributed by atoms with Crippen LogP contribution in [0, 0.1) is 12.7 Å². The molecule has 0 amide bonds. The molecule has 0 unspecified atom stereocenters. The molecule has 0 spiro atoms. The highest BCUT2D eigenvalue weighted by Gasteiger charge is 2.15. The van der Waals surface area contributed by atoms with Gasteiger partial charge >= 0.3 is 0 Å². The Hall–Kier alpha value is -1.96. The molecule has 0 atom stereocenters. The summed E-state index contributed by atoms with van der Waals surface area (Å²) in [5.41, 5.74) is 2.19. The zero-order valence-electron chi connectivity index (χ0n) is 14.8. The molecular formula is C18H23FN2O3S. The number of benzene rings is 2. The van der Waals surface area contributed by atoms with Gasteiger partial charge in [-0.15, -0.1) is 0 Å². The maximum atomic E-state index is 13.9. The number of halogens is 1. The van der Waals surface area contributed by atoms with E-state index in [4.69, 9.17) is 4.74 Å². The van der Waals surface area contributed by atoms with Crippen LogP contribution in [0.2, 0.25) is 0 Å².